The van der Waals surface area contributed by atoms with Gasteiger partial charge in [0.2, 0.25) is 0 Å². The van der Waals surface area contributed by atoms with Gasteiger partial charge in [0.15, 0.2) is 0 Å². The van der Waals surface area contributed by atoms with Crippen molar-refractivity contribution in [2.45, 2.75) is 52.5 Å². The molecule has 1 rings (SSSR count). The van der Waals surface area contributed by atoms with Crippen molar-refractivity contribution in [2.75, 3.05) is 6.54 Å². The fourth-order valence-electron chi connectivity index (χ4n) is 2.28. The van der Waals surface area contributed by atoms with Crippen LogP contribution in [0.25, 0.3) is 0 Å². The zero-order chi connectivity index (χ0) is 15.1. The second-order valence-electron chi connectivity index (χ2n) is 5.61. The van der Waals surface area contributed by atoms with E-state index in [1.807, 2.05) is 6.92 Å². The zero-order valence-electron chi connectivity index (χ0n) is 12.5. The van der Waals surface area contributed by atoms with Gasteiger partial charge in [-0.1, -0.05) is 49.5 Å². The van der Waals surface area contributed by atoms with Gasteiger partial charge in [0.1, 0.15) is 11.6 Å². The molecular formula is C16H24BrF2N. The Labute approximate surface area is 129 Å². The molecule has 0 aliphatic rings. The summed E-state index contributed by atoms with van der Waals surface area (Å²) in [5.74, 6) is -0.341. The van der Waals surface area contributed by atoms with Crippen molar-refractivity contribution < 1.29 is 8.78 Å². The minimum atomic E-state index is -0.477. The van der Waals surface area contributed by atoms with E-state index >= 15 is 0 Å². The third-order valence-corrected chi connectivity index (χ3v) is 3.77. The second kappa shape index (κ2) is 8.73. The van der Waals surface area contributed by atoms with Gasteiger partial charge in [-0.25, -0.2) is 8.78 Å². The van der Waals surface area contributed by atoms with Crippen LogP contribution in [-0.4, -0.2) is 6.54 Å². The summed E-state index contributed by atoms with van der Waals surface area (Å²) in [6, 6.07) is 2.42. The van der Waals surface area contributed by atoms with E-state index in [4.69, 9.17) is 0 Å². The first-order valence-corrected chi connectivity index (χ1v) is 8.12. The zero-order valence-corrected chi connectivity index (χ0v) is 14.1. The van der Waals surface area contributed by atoms with Gasteiger partial charge in [-0.3, -0.25) is 0 Å². The molecule has 0 saturated heterocycles. The summed E-state index contributed by atoms with van der Waals surface area (Å²) in [4.78, 5) is 0. The van der Waals surface area contributed by atoms with E-state index in [-0.39, 0.29) is 11.6 Å². The summed E-state index contributed by atoms with van der Waals surface area (Å²) in [6.07, 6.45) is 3.74. The van der Waals surface area contributed by atoms with E-state index in [2.05, 4.69) is 35.1 Å². The van der Waals surface area contributed by atoms with E-state index < -0.39 is 11.6 Å². The highest BCUT2D eigenvalue weighted by molar-refractivity contribution is 9.10. The van der Waals surface area contributed by atoms with Crippen molar-refractivity contribution >= 4 is 15.9 Å². The average molecular weight is 348 g/mol. The molecule has 0 spiro atoms. The molecule has 1 unspecified atom stereocenters. The fourth-order valence-corrected chi connectivity index (χ4v) is 2.69. The maximum atomic E-state index is 14.1. The van der Waals surface area contributed by atoms with E-state index in [1.54, 1.807) is 0 Å². The maximum Gasteiger partial charge on any atom is 0.132 e. The van der Waals surface area contributed by atoms with E-state index in [1.165, 1.54) is 12.1 Å². The van der Waals surface area contributed by atoms with Gasteiger partial charge in [-0.15, -0.1) is 0 Å². The second-order valence-corrected chi connectivity index (χ2v) is 6.53. The molecule has 0 aliphatic heterocycles. The molecule has 0 bridgehead atoms. The Bertz CT molecular complexity index is 398. The van der Waals surface area contributed by atoms with Gasteiger partial charge in [0.05, 0.1) is 0 Å². The van der Waals surface area contributed by atoms with Gasteiger partial charge in [0.25, 0.3) is 0 Å². The predicted octanol–water partition coefficient (Wildman–Crippen LogP) is 5.59. The minimum absolute atomic E-state index is 0.172. The maximum absolute atomic E-state index is 14.1. The highest BCUT2D eigenvalue weighted by Gasteiger charge is 2.20. The third-order valence-electron chi connectivity index (χ3n) is 3.31. The van der Waals surface area contributed by atoms with Crippen molar-refractivity contribution in [1.82, 2.24) is 5.32 Å². The first kappa shape index (κ1) is 17.6. The highest BCUT2D eigenvalue weighted by Crippen LogP contribution is 2.28. The van der Waals surface area contributed by atoms with Crippen molar-refractivity contribution in [3.8, 4) is 0 Å². The summed E-state index contributed by atoms with van der Waals surface area (Å²) < 4.78 is 28.6. The molecule has 4 heteroatoms. The number of benzene rings is 1. The van der Waals surface area contributed by atoms with E-state index in [0.717, 1.165) is 32.2 Å². The first-order chi connectivity index (χ1) is 9.45. The molecule has 0 fully saturated rings. The smallest absolute Gasteiger partial charge is 0.132 e. The monoisotopic (exact) mass is 347 g/mol. The Kier molecular flexibility index (Phi) is 7.67. The van der Waals surface area contributed by atoms with E-state index in [0.29, 0.717) is 10.4 Å². The van der Waals surface area contributed by atoms with Gasteiger partial charge < -0.3 is 5.32 Å². The van der Waals surface area contributed by atoms with Crippen LogP contribution in [-0.2, 0) is 0 Å². The van der Waals surface area contributed by atoms with Crippen LogP contribution in [0.5, 0.6) is 0 Å². The first-order valence-electron chi connectivity index (χ1n) is 7.33. The lowest BCUT2D eigenvalue weighted by atomic mass is 9.97. The van der Waals surface area contributed by atoms with Crippen LogP contribution in [0.3, 0.4) is 0 Å². The molecule has 0 aliphatic carbocycles. The summed E-state index contributed by atoms with van der Waals surface area (Å²) in [6.45, 7) is 7.14. The molecule has 0 heterocycles. The van der Waals surface area contributed by atoms with Crippen molar-refractivity contribution in [1.29, 1.82) is 0 Å². The Morgan fingerprint density at radius 2 is 1.75 bits per heavy atom. The van der Waals surface area contributed by atoms with E-state index in [9.17, 15) is 8.78 Å². The van der Waals surface area contributed by atoms with Crippen LogP contribution in [0.15, 0.2) is 16.6 Å². The molecule has 1 aromatic carbocycles. The topological polar surface area (TPSA) is 12.0 Å². The Morgan fingerprint density at radius 3 is 2.25 bits per heavy atom. The molecular weight excluding hydrogens is 324 g/mol. The van der Waals surface area contributed by atoms with Crippen LogP contribution in [0.1, 0.15) is 58.1 Å². The number of rotatable bonds is 8. The number of hydrogen-bond acceptors (Lipinski definition) is 1. The highest BCUT2D eigenvalue weighted by atomic mass is 79.9. The van der Waals surface area contributed by atoms with Crippen LogP contribution in [0, 0.1) is 17.6 Å². The fraction of sp³-hybridized carbons (Fsp3) is 0.625. The lowest BCUT2D eigenvalue weighted by molar-refractivity contribution is 0.417. The largest absolute Gasteiger partial charge is 0.310 e. The molecule has 1 nitrogen and oxygen atoms in total. The standard InChI is InChI=1S/C16H24BrF2N/c1-4-8-20-15(7-5-6-11(2)3)16-13(18)9-12(17)10-14(16)19/h9-11,15,20H,4-8H2,1-3H3. The molecule has 0 aromatic heterocycles. The summed E-state index contributed by atoms with van der Waals surface area (Å²) in [7, 11) is 0. The van der Waals surface area contributed by atoms with Crippen molar-refractivity contribution in [2.24, 2.45) is 5.92 Å². The molecule has 0 saturated carbocycles. The average Bonchev–Trinajstić information content (AvgIpc) is 2.33. The normalized spacial score (nSPS) is 12.9. The molecule has 0 amide bonds. The molecule has 114 valence electrons. The summed E-state index contributed by atoms with van der Waals surface area (Å²) in [5.41, 5.74) is 0.172. The van der Waals surface area contributed by atoms with Gasteiger partial charge in [-0.2, -0.15) is 0 Å². The summed E-state index contributed by atoms with van der Waals surface area (Å²) in [5, 5.41) is 3.27. The van der Waals surface area contributed by atoms with Gasteiger partial charge in [0, 0.05) is 16.1 Å². The lowest BCUT2D eigenvalue weighted by Crippen LogP contribution is -2.24. The number of hydrogen-bond donors (Lipinski definition) is 1. The number of halogens is 3. The van der Waals surface area contributed by atoms with Crippen molar-refractivity contribution in [3.05, 3.63) is 33.8 Å². The quantitative estimate of drug-likeness (QED) is 0.645. The molecule has 0 radical (unpaired) electrons. The number of nitrogens with one attached hydrogen (secondary N) is 1. The molecule has 1 aromatic rings. The molecule has 1 N–H and O–H groups in total. The van der Waals surface area contributed by atoms with Crippen LogP contribution in [0.4, 0.5) is 8.78 Å². The third kappa shape index (κ3) is 5.49. The summed E-state index contributed by atoms with van der Waals surface area (Å²) >= 11 is 3.12. The SMILES string of the molecule is CCCNC(CCCC(C)C)c1c(F)cc(Br)cc1F. The Morgan fingerprint density at radius 1 is 1.15 bits per heavy atom. The Balaban J connectivity index is 2.86. The van der Waals surface area contributed by atoms with Gasteiger partial charge >= 0.3 is 0 Å². The van der Waals surface area contributed by atoms with Gasteiger partial charge in [-0.05, 0) is 37.4 Å². The predicted molar refractivity (Wildman–Crippen MR) is 83.8 cm³/mol. The van der Waals surface area contributed by atoms with Crippen LogP contribution in [0.2, 0.25) is 0 Å². The van der Waals surface area contributed by atoms with Crippen molar-refractivity contribution in [3.63, 3.8) is 0 Å². The molecule has 20 heavy (non-hydrogen) atoms. The Hall–Kier alpha value is -0.480. The lowest BCUT2D eigenvalue weighted by Gasteiger charge is -2.21. The van der Waals surface area contributed by atoms with Crippen LogP contribution < -0.4 is 5.32 Å². The molecule has 1 atom stereocenters. The minimum Gasteiger partial charge on any atom is -0.310 e. The van der Waals surface area contributed by atoms with Crippen LogP contribution >= 0.6 is 15.9 Å².